The Morgan fingerprint density at radius 3 is 2.57 bits per heavy atom. The van der Waals surface area contributed by atoms with Gasteiger partial charge < -0.3 is 22.1 Å². The van der Waals surface area contributed by atoms with Crippen LogP contribution >= 0.6 is 11.3 Å². The molecule has 2 aliphatic rings. The minimum Gasteiger partial charge on any atom is -0.759 e. The van der Waals surface area contributed by atoms with Gasteiger partial charge in [-0.25, -0.2) is 9.97 Å². The molecule has 0 saturated carbocycles. The molecule has 2 aromatic rings. The predicted molar refractivity (Wildman–Crippen MR) is 111 cm³/mol. The topological polar surface area (TPSA) is 77.0 Å². The summed E-state index contributed by atoms with van der Waals surface area (Å²) in [5.74, 6) is 0.882. The molecule has 0 bridgehead atoms. The molecular formula is C18H24N5NaOS3. The number of hydrogen-bond donors (Lipinski definition) is 1. The van der Waals surface area contributed by atoms with Gasteiger partial charge in [-0.2, -0.15) is 0 Å². The molecule has 2 atom stereocenters. The van der Waals surface area contributed by atoms with Crippen LogP contribution in [0.3, 0.4) is 0 Å². The largest absolute Gasteiger partial charge is 1.00 e. The van der Waals surface area contributed by atoms with Crippen LogP contribution < -0.4 is 39.2 Å². The van der Waals surface area contributed by atoms with Gasteiger partial charge in [0.05, 0.1) is 17.4 Å². The Bertz CT molecular complexity index is 802. The van der Waals surface area contributed by atoms with Gasteiger partial charge in [-0.05, 0) is 40.0 Å². The fourth-order valence-corrected chi connectivity index (χ4v) is 5.93. The van der Waals surface area contributed by atoms with Crippen molar-refractivity contribution in [2.24, 2.45) is 5.41 Å². The van der Waals surface area contributed by atoms with Crippen LogP contribution in [0, 0.1) is 5.41 Å². The first-order chi connectivity index (χ1) is 12.8. The molecule has 146 valence electrons. The summed E-state index contributed by atoms with van der Waals surface area (Å²) in [6.45, 7) is 7.82. The molecule has 10 heteroatoms. The van der Waals surface area contributed by atoms with E-state index in [9.17, 15) is 4.55 Å². The summed E-state index contributed by atoms with van der Waals surface area (Å²) in [6, 6.07) is 0.0436. The molecule has 0 amide bonds. The van der Waals surface area contributed by atoms with Gasteiger partial charge in [-0.15, -0.1) is 16.1 Å². The minimum atomic E-state index is -1.13. The van der Waals surface area contributed by atoms with Gasteiger partial charge >= 0.3 is 29.6 Å². The molecule has 1 aliphatic carbocycles. The maximum absolute atomic E-state index is 12.8. The van der Waals surface area contributed by atoms with Gasteiger partial charge in [0.15, 0.2) is 0 Å². The van der Waals surface area contributed by atoms with Crippen molar-refractivity contribution in [2.45, 2.75) is 55.8 Å². The van der Waals surface area contributed by atoms with E-state index in [0.29, 0.717) is 5.03 Å². The van der Waals surface area contributed by atoms with Crippen molar-refractivity contribution in [3.63, 3.8) is 0 Å². The van der Waals surface area contributed by atoms with Crippen molar-refractivity contribution in [3.05, 3.63) is 28.5 Å². The van der Waals surface area contributed by atoms with E-state index >= 15 is 0 Å². The Hall–Kier alpha value is 0. The summed E-state index contributed by atoms with van der Waals surface area (Å²) in [6.07, 6.45) is 6.43. The Morgan fingerprint density at radius 2 is 1.96 bits per heavy atom. The second kappa shape index (κ2) is 8.63. The van der Waals surface area contributed by atoms with E-state index in [1.54, 1.807) is 23.7 Å². The van der Waals surface area contributed by atoms with E-state index in [0.717, 1.165) is 43.9 Å². The quantitative estimate of drug-likeness (QED) is 0.398. The normalized spacial score (nSPS) is 22.0. The molecule has 1 fully saturated rings. The number of piperidine rings is 1. The van der Waals surface area contributed by atoms with Crippen LogP contribution in [0.1, 0.15) is 50.2 Å². The van der Waals surface area contributed by atoms with E-state index in [1.165, 1.54) is 4.88 Å². The SMILES string of the molecule is CC(C)(C)[S+]([O-])N[C@@H]1c2ncsc2CC12CCN(c1cnc([S-])cn1)CC2.[Na+]. The first kappa shape index (κ1) is 22.7. The van der Waals surface area contributed by atoms with Crippen molar-refractivity contribution in [2.75, 3.05) is 18.0 Å². The van der Waals surface area contributed by atoms with Gasteiger partial charge in [0, 0.05) is 40.9 Å². The maximum atomic E-state index is 12.8. The summed E-state index contributed by atoms with van der Waals surface area (Å²) in [5.41, 5.74) is 3.08. The third-order valence-electron chi connectivity index (χ3n) is 5.55. The zero-order valence-corrected chi connectivity index (χ0v) is 21.2. The number of anilines is 1. The molecule has 1 N–H and O–H groups in total. The Balaban J connectivity index is 0.00000225. The summed E-state index contributed by atoms with van der Waals surface area (Å²) in [7, 11) is 0. The average Bonchev–Trinajstić information content (AvgIpc) is 3.17. The molecule has 6 nitrogen and oxygen atoms in total. The van der Waals surface area contributed by atoms with Crippen molar-refractivity contribution in [1.82, 2.24) is 19.7 Å². The molecule has 0 aromatic carbocycles. The fourth-order valence-electron chi connectivity index (χ4n) is 3.94. The summed E-state index contributed by atoms with van der Waals surface area (Å²) in [5, 5.41) is 0.521. The Morgan fingerprint density at radius 1 is 1.25 bits per heavy atom. The fraction of sp³-hybridized carbons (Fsp3) is 0.611. The van der Waals surface area contributed by atoms with Crippen LogP contribution in [-0.2, 0) is 30.4 Å². The molecule has 1 aliphatic heterocycles. The van der Waals surface area contributed by atoms with Gasteiger partial charge in [-0.1, -0.05) is 5.03 Å². The maximum Gasteiger partial charge on any atom is 1.00 e. The molecule has 28 heavy (non-hydrogen) atoms. The van der Waals surface area contributed by atoms with Crippen molar-refractivity contribution < 1.29 is 34.1 Å². The van der Waals surface area contributed by atoms with Crippen LogP contribution in [0.25, 0.3) is 0 Å². The third-order valence-corrected chi connectivity index (χ3v) is 8.17. The van der Waals surface area contributed by atoms with Crippen molar-refractivity contribution in [1.29, 1.82) is 0 Å². The predicted octanol–water partition coefficient (Wildman–Crippen LogP) is -0.221. The zero-order valence-electron chi connectivity index (χ0n) is 16.8. The summed E-state index contributed by atoms with van der Waals surface area (Å²) < 4.78 is 16.0. The number of fused-ring (bicyclic) bond motifs is 1. The van der Waals surface area contributed by atoms with Crippen molar-refractivity contribution in [3.8, 4) is 0 Å². The molecule has 4 rings (SSSR count). The third kappa shape index (κ3) is 4.37. The van der Waals surface area contributed by atoms with Crippen LogP contribution in [-0.4, -0.2) is 37.3 Å². The standard InChI is InChI=1S/C18H25N5OS3.Na/c1-17(2,3)27(24)22-16-15-12(26-11-21-15)8-18(16)4-6-23(7-5-18)13-9-20-14(25)10-19-13;/h9-11,16,22H,4-8H2,1-3H3,(H,20,25);/q;+1/p-1/t16-,27?;/m1./s1. The first-order valence-electron chi connectivity index (χ1n) is 9.13. The molecule has 0 radical (unpaired) electrons. The zero-order chi connectivity index (χ0) is 19.2. The number of thiazole rings is 1. The number of nitrogens with zero attached hydrogens (tertiary/aromatic N) is 4. The summed E-state index contributed by atoms with van der Waals surface area (Å²) >= 11 is 5.63. The van der Waals surface area contributed by atoms with Gasteiger partial charge in [-0.3, -0.25) is 4.98 Å². The van der Waals surface area contributed by atoms with E-state index in [1.807, 2.05) is 26.3 Å². The van der Waals surface area contributed by atoms with Gasteiger partial charge in [0.1, 0.15) is 16.6 Å². The number of aromatic nitrogens is 3. The second-order valence-electron chi connectivity index (χ2n) is 8.33. The van der Waals surface area contributed by atoms with Crippen LogP contribution in [0.4, 0.5) is 5.82 Å². The summed E-state index contributed by atoms with van der Waals surface area (Å²) in [4.78, 5) is 16.9. The molecule has 3 heterocycles. The Labute approximate surface area is 201 Å². The average molecular weight is 446 g/mol. The van der Waals surface area contributed by atoms with E-state index in [4.69, 9.17) is 12.6 Å². The van der Waals surface area contributed by atoms with E-state index < -0.39 is 11.4 Å². The van der Waals surface area contributed by atoms with E-state index in [-0.39, 0.29) is 45.8 Å². The van der Waals surface area contributed by atoms with E-state index in [2.05, 4.69) is 24.6 Å². The van der Waals surface area contributed by atoms with Gasteiger partial charge in [0.25, 0.3) is 0 Å². The number of rotatable bonds is 3. The minimum absolute atomic E-state index is 0. The van der Waals surface area contributed by atoms with Crippen LogP contribution in [0.15, 0.2) is 22.9 Å². The van der Waals surface area contributed by atoms with Crippen LogP contribution in [0.5, 0.6) is 0 Å². The molecular weight excluding hydrogens is 421 g/mol. The molecule has 2 aromatic heterocycles. The number of hydrogen-bond acceptors (Lipinski definition) is 8. The second-order valence-corrected chi connectivity index (χ2v) is 11.7. The molecule has 1 saturated heterocycles. The smallest absolute Gasteiger partial charge is 0.759 e. The number of nitrogens with one attached hydrogen (secondary N) is 1. The van der Waals surface area contributed by atoms with Crippen LogP contribution in [0.2, 0.25) is 0 Å². The Kier molecular flexibility index (Phi) is 6.99. The van der Waals surface area contributed by atoms with Gasteiger partial charge in [0.2, 0.25) is 0 Å². The molecule has 1 spiro atoms. The van der Waals surface area contributed by atoms with Crippen molar-refractivity contribution >= 4 is 41.1 Å². The monoisotopic (exact) mass is 445 g/mol. The molecule has 1 unspecified atom stereocenters. The first-order valence-corrected chi connectivity index (χ1v) is 11.6.